The molecule has 0 bridgehead atoms. The Hall–Kier alpha value is -1.55. The van der Waals surface area contributed by atoms with Gasteiger partial charge in [-0.3, -0.25) is 4.79 Å². The largest absolute Gasteiger partial charge is 0.384 e. The van der Waals surface area contributed by atoms with Crippen molar-refractivity contribution in [2.45, 2.75) is 10.9 Å². The van der Waals surface area contributed by atoms with Crippen LogP contribution in [0, 0.1) is 11.8 Å². The average molecular weight is 278 g/mol. The minimum atomic E-state index is -0.145. The summed E-state index contributed by atoms with van der Waals surface area (Å²) in [5, 5.41) is 11.2. The van der Waals surface area contributed by atoms with Crippen LogP contribution in [0.2, 0.25) is 0 Å². The van der Waals surface area contributed by atoms with Gasteiger partial charge in [-0.1, -0.05) is 23.6 Å². The van der Waals surface area contributed by atoms with E-state index in [4.69, 9.17) is 5.11 Å². The predicted octanol–water partition coefficient (Wildman–Crippen LogP) is 1.47. The third-order valence-electron chi connectivity index (χ3n) is 1.96. The van der Waals surface area contributed by atoms with Crippen molar-refractivity contribution in [2.75, 3.05) is 6.61 Å². The monoisotopic (exact) mass is 278 g/mol. The number of aliphatic hydroxyl groups is 1. The van der Waals surface area contributed by atoms with Crippen LogP contribution in [-0.2, 0) is 5.75 Å². The van der Waals surface area contributed by atoms with E-state index in [2.05, 4.69) is 21.8 Å². The molecule has 4 nitrogen and oxygen atoms in total. The molecule has 2 rings (SSSR count). The molecule has 2 heterocycles. The summed E-state index contributed by atoms with van der Waals surface area (Å²) >= 11 is 3.07. The van der Waals surface area contributed by atoms with Gasteiger partial charge in [-0.25, -0.2) is 4.98 Å². The van der Waals surface area contributed by atoms with E-state index >= 15 is 0 Å². The van der Waals surface area contributed by atoms with E-state index in [-0.39, 0.29) is 12.2 Å². The molecule has 0 saturated carbocycles. The first-order valence-electron chi connectivity index (χ1n) is 5.13. The fourth-order valence-electron chi connectivity index (χ4n) is 1.23. The SMILES string of the molecule is O=c1ccnc(SCc2cc(C#CCO)cs2)[nH]1. The van der Waals surface area contributed by atoms with Crippen LogP contribution in [0.3, 0.4) is 0 Å². The third-order valence-corrected chi connectivity index (χ3v) is 4.02. The molecule has 0 aliphatic rings. The molecule has 0 atom stereocenters. The molecule has 0 aliphatic heterocycles. The Morgan fingerprint density at radius 3 is 3.22 bits per heavy atom. The number of thioether (sulfide) groups is 1. The van der Waals surface area contributed by atoms with E-state index in [1.54, 1.807) is 11.3 Å². The molecule has 0 radical (unpaired) electrons. The highest BCUT2D eigenvalue weighted by Crippen LogP contribution is 2.23. The van der Waals surface area contributed by atoms with Crippen molar-refractivity contribution in [1.82, 2.24) is 9.97 Å². The molecule has 0 aliphatic carbocycles. The first-order chi connectivity index (χ1) is 8.78. The van der Waals surface area contributed by atoms with Gasteiger partial charge in [0.2, 0.25) is 0 Å². The summed E-state index contributed by atoms with van der Waals surface area (Å²) in [6, 6.07) is 3.36. The number of thiophene rings is 1. The van der Waals surface area contributed by atoms with Crippen molar-refractivity contribution < 1.29 is 5.11 Å². The Morgan fingerprint density at radius 2 is 2.44 bits per heavy atom. The van der Waals surface area contributed by atoms with Crippen LogP contribution in [0.1, 0.15) is 10.4 Å². The zero-order chi connectivity index (χ0) is 12.8. The second-order valence-corrected chi connectivity index (χ2v) is 5.25. The number of nitrogens with zero attached hydrogens (tertiary/aromatic N) is 1. The van der Waals surface area contributed by atoms with Gasteiger partial charge in [0.15, 0.2) is 5.16 Å². The summed E-state index contributed by atoms with van der Waals surface area (Å²) in [4.78, 5) is 18.9. The number of aromatic amines is 1. The molecular formula is C12H10N2O2S2. The fraction of sp³-hybridized carbons (Fsp3) is 0.167. The molecule has 0 fully saturated rings. The van der Waals surface area contributed by atoms with Crippen LogP contribution < -0.4 is 5.56 Å². The number of nitrogens with one attached hydrogen (secondary N) is 1. The van der Waals surface area contributed by atoms with E-state index in [1.807, 2.05) is 11.4 Å². The quantitative estimate of drug-likeness (QED) is 0.507. The molecule has 0 aromatic carbocycles. The first kappa shape index (κ1) is 12.9. The number of rotatable bonds is 3. The van der Waals surface area contributed by atoms with E-state index < -0.39 is 0 Å². The van der Waals surface area contributed by atoms with Gasteiger partial charge >= 0.3 is 0 Å². The molecule has 6 heteroatoms. The van der Waals surface area contributed by atoms with Crippen molar-refractivity contribution in [1.29, 1.82) is 0 Å². The molecule has 0 saturated heterocycles. The summed E-state index contributed by atoms with van der Waals surface area (Å²) < 4.78 is 0. The van der Waals surface area contributed by atoms with Crippen LogP contribution in [0.15, 0.2) is 33.7 Å². The Kier molecular flexibility index (Phi) is 4.59. The summed E-state index contributed by atoms with van der Waals surface area (Å²) in [7, 11) is 0. The topological polar surface area (TPSA) is 66.0 Å². The predicted molar refractivity (Wildman–Crippen MR) is 72.7 cm³/mol. The second kappa shape index (κ2) is 6.40. The number of hydrogen-bond donors (Lipinski definition) is 2. The maximum atomic E-state index is 11.1. The van der Waals surface area contributed by atoms with Gasteiger partial charge in [0.05, 0.1) is 0 Å². The maximum Gasteiger partial charge on any atom is 0.251 e. The minimum absolute atomic E-state index is 0.130. The molecule has 2 N–H and O–H groups in total. The summed E-state index contributed by atoms with van der Waals surface area (Å²) in [5.74, 6) is 6.19. The number of hydrogen-bond acceptors (Lipinski definition) is 5. The van der Waals surface area contributed by atoms with Gasteiger partial charge < -0.3 is 10.1 Å². The average Bonchev–Trinajstić information content (AvgIpc) is 2.82. The zero-order valence-electron chi connectivity index (χ0n) is 9.34. The molecule has 0 amide bonds. The zero-order valence-corrected chi connectivity index (χ0v) is 11.0. The summed E-state index contributed by atoms with van der Waals surface area (Å²) in [6.45, 7) is -0.130. The van der Waals surface area contributed by atoms with Crippen molar-refractivity contribution in [2.24, 2.45) is 0 Å². The number of H-pyrrole nitrogens is 1. The normalized spacial score (nSPS) is 9.83. The lowest BCUT2D eigenvalue weighted by Gasteiger charge is -1.96. The van der Waals surface area contributed by atoms with Crippen LogP contribution in [0.4, 0.5) is 0 Å². The first-order valence-corrected chi connectivity index (χ1v) is 7.00. The Bertz CT molecular complexity index is 637. The molecule has 2 aromatic heterocycles. The highest BCUT2D eigenvalue weighted by Gasteiger charge is 2.01. The van der Waals surface area contributed by atoms with E-state index in [1.165, 1.54) is 24.0 Å². The molecule has 2 aromatic rings. The Labute approximate surface area is 112 Å². The third kappa shape index (κ3) is 3.74. The standard InChI is InChI=1S/C12H10N2O2S2/c15-5-1-2-9-6-10(17-7-9)8-18-12-13-4-3-11(16)14-12/h3-4,6-7,15H,5,8H2,(H,13,14,16). The van der Waals surface area contributed by atoms with Gasteiger partial charge in [0.25, 0.3) is 5.56 Å². The van der Waals surface area contributed by atoms with Crippen molar-refractivity contribution >= 4 is 23.1 Å². The lowest BCUT2D eigenvalue weighted by Crippen LogP contribution is -2.05. The summed E-state index contributed by atoms with van der Waals surface area (Å²) in [5.41, 5.74) is 0.757. The minimum Gasteiger partial charge on any atom is -0.384 e. The Morgan fingerprint density at radius 1 is 1.56 bits per heavy atom. The summed E-state index contributed by atoms with van der Waals surface area (Å²) in [6.07, 6.45) is 1.49. The highest BCUT2D eigenvalue weighted by atomic mass is 32.2. The van der Waals surface area contributed by atoms with Crippen molar-refractivity contribution in [3.05, 3.63) is 44.5 Å². The van der Waals surface area contributed by atoms with Gasteiger partial charge in [-0.2, -0.15) is 0 Å². The van der Waals surface area contributed by atoms with Gasteiger partial charge in [-0.15, -0.1) is 11.3 Å². The molecule has 18 heavy (non-hydrogen) atoms. The lowest BCUT2D eigenvalue weighted by molar-refractivity contribution is 0.350. The van der Waals surface area contributed by atoms with E-state index in [0.717, 1.165) is 16.2 Å². The van der Waals surface area contributed by atoms with Crippen molar-refractivity contribution in [3.63, 3.8) is 0 Å². The molecular weight excluding hydrogens is 268 g/mol. The number of aliphatic hydroxyl groups excluding tert-OH is 1. The lowest BCUT2D eigenvalue weighted by atomic mass is 10.3. The Balaban J connectivity index is 1.98. The van der Waals surface area contributed by atoms with E-state index in [9.17, 15) is 4.79 Å². The highest BCUT2D eigenvalue weighted by molar-refractivity contribution is 7.98. The van der Waals surface area contributed by atoms with Gasteiger partial charge in [-0.05, 0) is 6.07 Å². The van der Waals surface area contributed by atoms with Gasteiger partial charge in [0, 0.05) is 33.8 Å². The molecule has 0 spiro atoms. The number of aromatic nitrogens is 2. The van der Waals surface area contributed by atoms with E-state index in [0.29, 0.717) is 5.16 Å². The van der Waals surface area contributed by atoms with Crippen LogP contribution in [0.25, 0.3) is 0 Å². The molecule has 0 unspecified atom stereocenters. The molecule has 92 valence electrons. The maximum absolute atomic E-state index is 11.1. The fourth-order valence-corrected chi connectivity index (χ4v) is 2.95. The van der Waals surface area contributed by atoms with Gasteiger partial charge in [0.1, 0.15) is 6.61 Å². The van der Waals surface area contributed by atoms with Crippen LogP contribution in [0.5, 0.6) is 0 Å². The van der Waals surface area contributed by atoms with Crippen LogP contribution >= 0.6 is 23.1 Å². The van der Waals surface area contributed by atoms with Crippen LogP contribution in [-0.4, -0.2) is 21.7 Å². The second-order valence-electron chi connectivity index (χ2n) is 3.29. The smallest absolute Gasteiger partial charge is 0.251 e. The van der Waals surface area contributed by atoms with Crippen molar-refractivity contribution in [3.8, 4) is 11.8 Å².